The molecule has 4 nitrogen and oxygen atoms in total. The SMILES string of the molecule is CCCOc1ccc(CNC(=O)C2(N)CC2)cc1. The first kappa shape index (κ1) is 12.9. The summed E-state index contributed by atoms with van der Waals surface area (Å²) >= 11 is 0. The summed E-state index contributed by atoms with van der Waals surface area (Å²) in [6, 6.07) is 7.77. The molecule has 0 heterocycles. The van der Waals surface area contributed by atoms with Gasteiger partial charge in [0.25, 0.3) is 0 Å². The van der Waals surface area contributed by atoms with Gasteiger partial charge in [-0.3, -0.25) is 4.79 Å². The third-order valence-corrected chi connectivity index (χ3v) is 3.09. The van der Waals surface area contributed by atoms with Crippen molar-refractivity contribution in [1.82, 2.24) is 5.32 Å². The van der Waals surface area contributed by atoms with Crippen LogP contribution in [0.25, 0.3) is 0 Å². The molecule has 0 atom stereocenters. The number of carbonyl (C=O) groups is 1. The van der Waals surface area contributed by atoms with E-state index in [0.29, 0.717) is 6.54 Å². The summed E-state index contributed by atoms with van der Waals surface area (Å²) in [6.45, 7) is 3.32. The molecule has 98 valence electrons. The van der Waals surface area contributed by atoms with Crippen molar-refractivity contribution >= 4 is 5.91 Å². The number of nitrogens with one attached hydrogen (secondary N) is 1. The first-order valence-electron chi connectivity index (χ1n) is 6.43. The number of hydrogen-bond acceptors (Lipinski definition) is 3. The lowest BCUT2D eigenvalue weighted by molar-refractivity contribution is -0.123. The van der Waals surface area contributed by atoms with E-state index in [0.717, 1.165) is 37.2 Å². The molecule has 0 bridgehead atoms. The summed E-state index contributed by atoms with van der Waals surface area (Å²) in [5.74, 6) is 0.818. The van der Waals surface area contributed by atoms with E-state index in [9.17, 15) is 4.79 Å². The minimum absolute atomic E-state index is 0.0474. The number of ether oxygens (including phenoxy) is 1. The van der Waals surface area contributed by atoms with Crippen molar-refractivity contribution < 1.29 is 9.53 Å². The highest BCUT2D eigenvalue weighted by molar-refractivity contribution is 5.88. The Morgan fingerprint density at radius 2 is 2.06 bits per heavy atom. The van der Waals surface area contributed by atoms with Crippen LogP contribution < -0.4 is 15.8 Å². The third kappa shape index (κ3) is 3.23. The Morgan fingerprint density at radius 3 is 2.61 bits per heavy atom. The molecule has 1 aliphatic rings. The Kier molecular flexibility index (Phi) is 3.87. The van der Waals surface area contributed by atoms with Crippen molar-refractivity contribution in [2.24, 2.45) is 5.73 Å². The minimum atomic E-state index is -0.593. The van der Waals surface area contributed by atoms with Crippen molar-refractivity contribution in [2.45, 2.75) is 38.3 Å². The Labute approximate surface area is 108 Å². The number of nitrogens with two attached hydrogens (primary N) is 1. The average molecular weight is 248 g/mol. The molecule has 1 fully saturated rings. The number of carbonyl (C=O) groups excluding carboxylic acids is 1. The topological polar surface area (TPSA) is 64.3 Å². The van der Waals surface area contributed by atoms with Gasteiger partial charge >= 0.3 is 0 Å². The minimum Gasteiger partial charge on any atom is -0.494 e. The van der Waals surface area contributed by atoms with Crippen molar-refractivity contribution in [3.63, 3.8) is 0 Å². The predicted molar refractivity (Wildman–Crippen MR) is 70.2 cm³/mol. The van der Waals surface area contributed by atoms with Crippen molar-refractivity contribution in [3.8, 4) is 5.75 Å². The van der Waals surface area contributed by atoms with E-state index < -0.39 is 5.54 Å². The van der Waals surface area contributed by atoms with E-state index in [2.05, 4.69) is 12.2 Å². The van der Waals surface area contributed by atoms with Gasteiger partial charge in [-0.25, -0.2) is 0 Å². The lowest BCUT2D eigenvalue weighted by Crippen LogP contribution is -2.42. The first-order chi connectivity index (χ1) is 8.64. The molecule has 3 N–H and O–H groups in total. The van der Waals surface area contributed by atoms with Gasteiger partial charge in [-0.1, -0.05) is 19.1 Å². The maximum Gasteiger partial charge on any atom is 0.240 e. The summed E-state index contributed by atoms with van der Waals surface area (Å²) in [5, 5.41) is 2.86. The summed E-state index contributed by atoms with van der Waals surface area (Å²) in [5.41, 5.74) is 6.26. The zero-order valence-corrected chi connectivity index (χ0v) is 10.7. The van der Waals surface area contributed by atoms with Gasteiger partial charge in [0, 0.05) is 6.54 Å². The molecule has 0 saturated heterocycles. The lowest BCUT2D eigenvalue weighted by Gasteiger charge is -2.10. The molecule has 1 aromatic carbocycles. The maximum absolute atomic E-state index is 11.6. The zero-order chi connectivity index (χ0) is 13.0. The molecular formula is C14H20N2O2. The van der Waals surface area contributed by atoms with Crippen molar-refractivity contribution in [3.05, 3.63) is 29.8 Å². The second kappa shape index (κ2) is 5.40. The Balaban J connectivity index is 1.81. The van der Waals surface area contributed by atoms with E-state index in [1.165, 1.54) is 0 Å². The highest BCUT2D eigenvalue weighted by Crippen LogP contribution is 2.32. The average Bonchev–Trinajstić information content (AvgIpc) is 3.14. The molecule has 4 heteroatoms. The fourth-order valence-corrected chi connectivity index (χ4v) is 1.64. The van der Waals surface area contributed by atoms with E-state index in [-0.39, 0.29) is 5.91 Å². The van der Waals surface area contributed by atoms with Crippen LogP contribution in [-0.4, -0.2) is 18.1 Å². The van der Waals surface area contributed by atoms with Gasteiger partial charge in [-0.05, 0) is 37.0 Å². The van der Waals surface area contributed by atoms with Crippen LogP contribution in [0.4, 0.5) is 0 Å². The standard InChI is InChI=1S/C14H20N2O2/c1-2-9-18-12-5-3-11(4-6-12)10-16-13(17)14(15)7-8-14/h3-6H,2,7-10,15H2,1H3,(H,16,17). The Hall–Kier alpha value is -1.55. The molecule has 0 aliphatic heterocycles. The number of benzene rings is 1. The van der Waals surface area contributed by atoms with E-state index >= 15 is 0 Å². The summed E-state index contributed by atoms with van der Waals surface area (Å²) in [7, 11) is 0. The highest BCUT2D eigenvalue weighted by atomic mass is 16.5. The molecule has 0 spiro atoms. The van der Waals surface area contributed by atoms with Gasteiger partial charge in [0.05, 0.1) is 12.1 Å². The van der Waals surface area contributed by atoms with Gasteiger partial charge in [-0.15, -0.1) is 0 Å². The van der Waals surface area contributed by atoms with Crippen LogP contribution >= 0.6 is 0 Å². The van der Waals surface area contributed by atoms with Crippen LogP contribution in [0.1, 0.15) is 31.7 Å². The van der Waals surface area contributed by atoms with E-state index in [1.807, 2.05) is 24.3 Å². The zero-order valence-electron chi connectivity index (χ0n) is 10.7. The number of hydrogen-bond donors (Lipinski definition) is 2. The van der Waals surface area contributed by atoms with Crippen LogP contribution in [-0.2, 0) is 11.3 Å². The lowest BCUT2D eigenvalue weighted by atomic mass is 10.2. The fourth-order valence-electron chi connectivity index (χ4n) is 1.64. The highest BCUT2D eigenvalue weighted by Gasteiger charge is 2.45. The monoisotopic (exact) mass is 248 g/mol. The second-order valence-electron chi connectivity index (χ2n) is 4.83. The number of amides is 1. The van der Waals surface area contributed by atoms with Crippen LogP contribution in [0.2, 0.25) is 0 Å². The summed E-state index contributed by atoms with van der Waals surface area (Å²) < 4.78 is 5.49. The molecule has 1 aromatic rings. The van der Waals surface area contributed by atoms with Crippen molar-refractivity contribution in [1.29, 1.82) is 0 Å². The Morgan fingerprint density at radius 1 is 1.39 bits per heavy atom. The smallest absolute Gasteiger partial charge is 0.240 e. The van der Waals surface area contributed by atoms with Gasteiger partial charge in [-0.2, -0.15) is 0 Å². The quantitative estimate of drug-likeness (QED) is 0.803. The molecule has 18 heavy (non-hydrogen) atoms. The van der Waals surface area contributed by atoms with Gasteiger partial charge in [0.1, 0.15) is 5.75 Å². The molecular weight excluding hydrogens is 228 g/mol. The molecule has 0 radical (unpaired) electrons. The molecule has 1 aliphatic carbocycles. The summed E-state index contributed by atoms with van der Waals surface area (Å²) in [4.78, 5) is 11.6. The van der Waals surface area contributed by atoms with Gasteiger partial charge in [0.15, 0.2) is 0 Å². The van der Waals surface area contributed by atoms with Crippen LogP contribution in [0.3, 0.4) is 0 Å². The van der Waals surface area contributed by atoms with Gasteiger partial charge in [0.2, 0.25) is 5.91 Å². The van der Waals surface area contributed by atoms with Gasteiger partial charge < -0.3 is 15.8 Å². The molecule has 0 aromatic heterocycles. The second-order valence-corrected chi connectivity index (χ2v) is 4.83. The molecule has 1 amide bonds. The van der Waals surface area contributed by atoms with Crippen LogP contribution in [0, 0.1) is 0 Å². The van der Waals surface area contributed by atoms with Crippen molar-refractivity contribution in [2.75, 3.05) is 6.61 Å². The largest absolute Gasteiger partial charge is 0.494 e. The third-order valence-electron chi connectivity index (χ3n) is 3.09. The molecule has 0 unspecified atom stereocenters. The van der Waals surface area contributed by atoms with E-state index in [1.54, 1.807) is 0 Å². The molecule has 2 rings (SSSR count). The number of rotatable bonds is 6. The predicted octanol–water partition coefficient (Wildman–Crippen LogP) is 1.58. The molecule has 1 saturated carbocycles. The Bertz CT molecular complexity index is 410. The first-order valence-corrected chi connectivity index (χ1v) is 6.43. The maximum atomic E-state index is 11.6. The fraction of sp³-hybridized carbons (Fsp3) is 0.500. The summed E-state index contributed by atoms with van der Waals surface area (Å²) in [6.07, 6.45) is 2.58. The van der Waals surface area contributed by atoms with E-state index in [4.69, 9.17) is 10.5 Å². The normalized spacial score (nSPS) is 16.1. The van der Waals surface area contributed by atoms with Crippen LogP contribution in [0.15, 0.2) is 24.3 Å². The van der Waals surface area contributed by atoms with Crippen LogP contribution in [0.5, 0.6) is 5.75 Å².